The molecule has 1 aliphatic heterocycles. The van der Waals surface area contributed by atoms with Gasteiger partial charge in [-0.05, 0) is 12.3 Å². The van der Waals surface area contributed by atoms with Gasteiger partial charge in [0.2, 0.25) is 0 Å². The van der Waals surface area contributed by atoms with Crippen LogP contribution in [0.3, 0.4) is 0 Å². The van der Waals surface area contributed by atoms with Crippen molar-refractivity contribution < 1.29 is 5.11 Å². The van der Waals surface area contributed by atoms with Crippen molar-refractivity contribution in [3.05, 3.63) is 12.2 Å². The molecule has 2 atom stereocenters. The molecule has 0 saturated carbocycles. The first-order valence-corrected chi connectivity index (χ1v) is 3.78. The molecule has 10 heavy (non-hydrogen) atoms. The molecular weight excluding hydrogens is 126 g/mol. The highest BCUT2D eigenvalue weighted by Gasteiger charge is 2.23. The fraction of sp³-hybridized carbons (Fsp3) is 0.750. The Morgan fingerprint density at radius 2 is 2.50 bits per heavy atom. The van der Waals surface area contributed by atoms with Crippen LogP contribution < -0.4 is 5.32 Å². The zero-order valence-corrected chi connectivity index (χ0v) is 6.43. The van der Waals surface area contributed by atoms with Gasteiger partial charge in [-0.25, -0.2) is 0 Å². The van der Waals surface area contributed by atoms with Crippen molar-refractivity contribution in [3.63, 3.8) is 0 Å². The standard InChI is InChI=1S/C8H15NO/c1-6-5-9-8(3-4-10)7(6)2/h6,8-10H,2-5H2,1H3/t6-,8+/m0/s1. The van der Waals surface area contributed by atoms with E-state index in [2.05, 4.69) is 18.8 Å². The molecule has 0 aromatic carbocycles. The van der Waals surface area contributed by atoms with Crippen LogP contribution in [0, 0.1) is 5.92 Å². The third kappa shape index (κ3) is 1.39. The Morgan fingerprint density at radius 3 is 2.90 bits per heavy atom. The molecule has 0 aromatic rings. The minimum absolute atomic E-state index is 0.253. The summed E-state index contributed by atoms with van der Waals surface area (Å²) < 4.78 is 0. The number of aliphatic hydroxyl groups excluding tert-OH is 1. The van der Waals surface area contributed by atoms with E-state index in [0.29, 0.717) is 12.0 Å². The molecule has 0 amide bonds. The molecule has 0 radical (unpaired) electrons. The molecule has 0 aromatic heterocycles. The van der Waals surface area contributed by atoms with Crippen molar-refractivity contribution in [2.45, 2.75) is 19.4 Å². The lowest BCUT2D eigenvalue weighted by atomic mass is 10.0. The van der Waals surface area contributed by atoms with Crippen LogP contribution in [0.25, 0.3) is 0 Å². The monoisotopic (exact) mass is 141 g/mol. The summed E-state index contributed by atoms with van der Waals surface area (Å²) in [7, 11) is 0. The molecule has 1 saturated heterocycles. The summed E-state index contributed by atoms with van der Waals surface area (Å²) in [5.74, 6) is 0.580. The van der Waals surface area contributed by atoms with Gasteiger partial charge in [0.1, 0.15) is 0 Å². The number of rotatable bonds is 2. The lowest BCUT2D eigenvalue weighted by Gasteiger charge is -2.09. The van der Waals surface area contributed by atoms with Gasteiger partial charge in [-0.2, -0.15) is 0 Å². The van der Waals surface area contributed by atoms with E-state index in [0.717, 1.165) is 13.0 Å². The maximum atomic E-state index is 8.65. The van der Waals surface area contributed by atoms with Crippen LogP contribution >= 0.6 is 0 Å². The van der Waals surface area contributed by atoms with Crippen LogP contribution in [0.15, 0.2) is 12.2 Å². The number of hydrogen-bond acceptors (Lipinski definition) is 2. The molecule has 1 aliphatic rings. The van der Waals surface area contributed by atoms with Gasteiger partial charge in [0.15, 0.2) is 0 Å². The first-order valence-electron chi connectivity index (χ1n) is 3.78. The van der Waals surface area contributed by atoms with Gasteiger partial charge in [-0.1, -0.05) is 19.1 Å². The van der Waals surface area contributed by atoms with Crippen LogP contribution in [0.2, 0.25) is 0 Å². The van der Waals surface area contributed by atoms with Gasteiger partial charge >= 0.3 is 0 Å². The average molecular weight is 141 g/mol. The molecular formula is C8H15NO. The molecule has 0 bridgehead atoms. The smallest absolute Gasteiger partial charge is 0.0449 e. The van der Waals surface area contributed by atoms with Crippen molar-refractivity contribution in [2.24, 2.45) is 5.92 Å². The van der Waals surface area contributed by atoms with Gasteiger partial charge in [-0.3, -0.25) is 0 Å². The molecule has 1 heterocycles. The summed E-state index contributed by atoms with van der Waals surface area (Å²) in [6.45, 7) is 7.39. The fourth-order valence-corrected chi connectivity index (χ4v) is 1.34. The van der Waals surface area contributed by atoms with E-state index in [1.54, 1.807) is 0 Å². The topological polar surface area (TPSA) is 32.3 Å². The molecule has 0 aliphatic carbocycles. The van der Waals surface area contributed by atoms with Crippen LogP contribution in [0.5, 0.6) is 0 Å². The SMILES string of the molecule is C=C1[C@@H](C)CN[C@@H]1CCO. The molecule has 2 heteroatoms. The summed E-state index contributed by atoms with van der Waals surface area (Å²) >= 11 is 0. The lowest BCUT2D eigenvalue weighted by Crippen LogP contribution is -2.23. The summed E-state index contributed by atoms with van der Waals surface area (Å²) in [6, 6.07) is 0.361. The molecule has 2 nitrogen and oxygen atoms in total. The zero-order chi connectivity index (χ0) is 7.56. The summed E-state index contributed by atoms with van der Waals surface area (Å²) in [4.78, 5) is 0. The maximum absolute atomic E-state index is 8.65. The summed E-state index contributed by atoms with van der Waals surface area (Å²) in [5, 5.41) is 11.9. The van der Waals surface area contributed by atoms with E-state index in [9.17, 15) is 0 Å². The highest BCUT2D eigenvalue weighted by molar-refractivity contribution is 5.14. The second-order valence-electron chi connectivity index (χ2n) is 2.95. The highest BCUT2D eigenvalue weighted by atomic mass is 16.3. The predicted octanol–water partition coefficient (Wildman–Crippen LogP) is 0.533. The van der Waals surface area contributed by atoms with Crippen molar-refractivity contribution in [3.8, 4) is 0 Å². The van der Waals surface area contributed by atoms with Crippen LogP contribution in [0.4, 0.5) is 0 Å². The molecule has 2 N–H and O–H groups in total. The van der Waals surface area contributed by atoms with E-state index >= 15 is 0 Å². The van der Waals surface area contributed by atoms with E-state index in [1.807, 2.05) is 0 Å². The second kappa shape index (κ2) is 3.17. The van der Waals surface area contributed by atoms with E-state index < -0.39 is 0 Å². The van der Waals surface area contributed by atoms with Gasteiger partial charge in [0.05, 0.1) is 0 Å². The lowest BCUT2D eigenvalue weighted by molar-refractivity contribution is 0.277. The Morgan fingerprint density at radius 1 is 1.80 bits per heavy atom. The van der Waals surface area contributed by atoms with E-state index in [-0.39, 0.29) is 6.61 Å². The van der Waals surface area contributed by atoms with Gasteiger partial charge in [0.25, 0.3) is 0 Å². The summed E-state index contributed by atoms with van der Waals surface area (Å²) in [5.41, 5.74) is 1.24. The number of aliphatic hydroxyl groups is 1. The van der Waals surface area contributed by atoms with Crippen molar-refractivity contribution in [1.29, 1.82) is 0 Å². The van der Waals surface area contributed by atoms with Crippen LogP contribution in [0.1, 0.15) is 13.3 Å². The van der Waals surface area contributed by atoms with Crippen LogP contribution in [-0.4, -0.2) is 24.3 Å². The molecule has 58 valence electrons. The molecule has 1 fully saturated rings. The van der Waals surface area contributed by atoms with Gasteiger partial charge in [0, 0.05) is 19.2 Å². The Hall–Kier alpha value is -0.340. The van der Waals surface area contributed by atoms with Gasteiger partial charge < -0.3 is 10.4 Å². The average Bonchev–Trinajstić information content (AvgIpc) is 2.20. The molecule has 0 spiro atoms. The quantitative estimate of drug-likeness (QED) is 0.550. The van der Waals surface area contributed by atoms with Crippen molar-refractivity contribution in [1.82, 2.24) is 5.32 Å². The fourth-order valence-electron chi connectivity index (χ4n) is 1.34. The van der Waals surface area contributed by atoms with E-state index in [1.165, 1.54) is 5.57 Å². The maximum Gasteiger partial charge on any atom is 0.0449 e. The highest BCUT2D eigenvalue weighted by Crippen LogP contribution is 2.20. The third-order valence-electron chi connectivity index (χ3n) is 2.17. The van der Waals surface area contributed by atoms with Gasteiger partial charge in [-0.15, -0.1) is 0 Å². The summed E-state index contributed by atoms with van der Waals surface area (Å²) in [6.07, 6.45) is 0.809. The Kier molecular flexibility index (Phi) is 2.46. The van der Waals surface area contributed by atoms with Crippen molar-refractivity contribution in [2.75, 3.05) is 13.2 Å². The first kappa shape index (κ1) is 7.76. The van der Waals surface area contributed by atoms with E-state index in [4.69, 9.17) is 5.11 Å². The number of hydrogen-bond donors (Lipinski definition) is 2. The zero-order valence-electron chi connectivity index (χ0n) is 6.43. The first-order chi connectivity index (χ1) is 4.75. The Bertz CT molecular complexity index is 131. The molecule has 1 rings (SSSR count). The Balaban J connectivity index is 2.41. The normalized spacial score (nSPS) is 33.2. The predicted molar refractivity (Wildman–Crippen MR) is 41.8 cm³/mol. The molecule has 0 unspecified atom stereocenters. The second-order valence-corrected chi connectivity index (χ2v) is 2.95. The largest absolute Gasteiger partial charge is 0.396 e. The van der Waals surface area contributed by atoms with Crippen LogP contribution in [-0.2, 0) is 0 Å². The third-order valence-corrected chi connectivity index (χ3v) is 2.17. The Labute approximate surface area is 61.9 Å². The minimum atomic E-state index is 0.253. The van der Waals surface area contributed by atoms with Crippen molar-refractivity contribution >= 4 is 0 Å². The minimum Gasteiger partial charge on any atom is -0.396 e. The number of nitrogens with one attached hydrogen (secondary N) is 1.